The van der Waals surface area contributed by atoms with Gasteiger partial charge in [-0.3, -0.25) is 0 Å². The second-order valence-corrected chi connectivity index (χ2v) is 5.50. The van der Waals surface area contributed by atoms with Gasteiger partial charge in [0.15, 0.2) is 6.21 Å². The minimum absolute atomic E-state index is 2.00. The third-order valence-electron chi connectivity index (χ3n) is 2.55. The molecule has 0 bridgehead atoms. The summed E-state index contributed by atoms with van der Waals surface area (Å²) in [5.41, 5.74) is 0. The molecule has 0 aliphatic rings. The average Bonchev–Trinajstić information content (AvgIpc) is 2.56. The van der Waals surface area contributed by atoms with Gasteiger partial charge < -0.3 is 4.90 Å². The molecule has 2 nitrogen and oxygen atoms in total. The summed E-state index contributed by atoms with van der Waals surface area (Å²) >= 11 is 0. The van der Waals surface area contributed by atoms with Crippen molar-refractivity contribution < 1.29 is 4.58 Å². The van der Waals surface area contributed by atoms with Gasteiger partial charge in [-0.15, -0.1) is 0 Å². The Morgan fingerprint density at radius 3 is 1.00 bits per heavy atom. The van der Waals surface area contributed by atoms with Crippen LogP contribution in [0.3, 0.4) is 0 Å². The zero-order valence-electron chi connectivity index (χ0n) is 15.9. The first-order valence-corrected chi connectivity index (χ1v) is 8.31. The van der Waals surface area contributed by atoms with Crippen LogP contribution < -0.4 is 0 Å². The largest absolute Gasteiger partial charge is 0.383 e. The maximum atomic E-state index is 2.00. The van der Waals surface area contributed by atoms with E-state index in [2.05, 4.69) is 0 Å². The Balaban J connectivity index is 3.94. The molecule has 0 aromatic rings. The predicted octanol–water partition coefficient (Wildman–Crippen LogP) is 4.85. The number of hydrogen-bond acceptors (Lipinski definition) is 1. The highest BCUT2D eigenvalue weighted by molar-refractivity contribution is 5.66. The van der Waals surface area contributed by atoms with Crippen LogP contribution in [0.5, 0.6) is 0 Å². The van der Waals surface area contributed by atoms with E-state index in [1.165, 1.54) is 0 Å². The molecule has 132 valence electrons. The van der Waals surface area contributed by atoms with Crippen LogP contribution in [0.15, 0.2) is 109 Å². The fraction of sp³-hybridized carbons (Fsp3) is 0.174. The predicted molar refractivity (Wildman–Crippen MR) is 114 cm³/mol. The quantitative estimate of drug-likeness (QED) is 0.314. The third kappa shape index (κ3) is 21.1. The molecule has 0 unspecified atom stereocenters. The van der Waals surface area contributed by atoms with Crippen molar-refractivity contribution in [1.29, 1.82) is 0 Å². The second-order valence-electron chi connectivity index (χ2n) is 5.50. The number of allylic oxidation sites excluding steroid dienone is 17. The molecule has 0 heterocycles. The highest BCUT2D eigenvalue weighted by Crippen LogP contribution is 1.86. The van der Waals surface area contributed by atoms with Crippen molar-refractivity contribution >= 4 is 6.21 Å². The molecule has 0 aliphatic heterocycles. The van der Waals surface area contributed by atoms with E-state index in [1.807, 2.05) is 153 Å². The standard InChI is InChI=1S/C23H31N2/c1-24(2)22-20-18-16-14-12-10-8-6-5-7-9-11-13-15-17-19-21-23-25(3)4/h5-23H,1-4H3/q+1. The Morgan fingerprint density at radius 2 is 0.720 bits per heavy atom. The monoisotopic (exact) mass is 335 g/mol. The molecule has 0 saturated heterocycles. The van der Waals surface area contributed by atoms with Gasteiger partial charge in [-0.2, -0.15) is 0 Å². The van der Waals surface area contributed by atoms with Gasteiger partial charge in [-0.05, 0) is 12.3 Å². The van der Waals surface area contributed by atoms with Crippen LogP contribution in [0.1, 0.15) is 0 Å². The lowest BCUT2D eigenvalue weighted by atomic mass is 10.3. The van der Waals surface area contributed by atoms with E-state index in [-0.39, 0.29) is 0 Å². The number of rotatable bonds is 10. The molecule has 0 fully saturated rings. The molecule has 0 radical (unpaired) electrons. The van der Waals surface area contributed by atoms with Crippen LogP contribution in [-0.2, 0) is 0 Å². The molecule has 0 amide bonds. The fourth-order valence-corrected chi connectivity index (χ4v) is 1.41. The van der Waals surface area contributed by atoms with Crippen LogP contribution in [0.25, 0.3) is 0 Å². The van der Waals surface area contributed by atoms with Gasteiger partial charge in [-0.25, -0.2) is 4.58 Å². The first-order valence-electron chi connectivity index (χ1n) is 8.31. The lowest BCUT2D eigenvalue weighted by molar-refractivity contribution is -0.458. The highest BCUT2D eigenvalue weighted by atomic mass is 15.0. The molecule has 0 aromatic heterocycles. The summed E-state index contributed by atoms with van der Waals surface area (Å²) in [7, 11) is 8.00. The number of nitrogens with zero attached hydrogens (tertiary/aromatic N) is 2. The minimum atomic E-state index is 2.00. The molecule has 0 N–H and O–H groups in total. The Kier molecular flexibility index (Phi) is 15.5. The van der Waals surface area contributed by atoms with Crippen molar-refractivity contribution in [2.75, 3.05) is 28.2 Å². The van der Waals surface area contributed by atoms with Crippen molar-refractivity contribution in [3.63, 3.8) is 0 Å². The molecule has 2 heteroatoms. The van der Waals surface area contributed by atoms with Crippen LogP contribution in [0, 0.1) is 0 Å². The number of hydrogen-bond donors (Lipinski definition) is 0. The van der Waals surface area contributed by atoms with Crippen LogP contribution >= 0.6 is 0 Å². The first kappa shape index (κ1) is 22.1. The van der Waals surface area contributed by atoms with Crippen molar-refractivity contribution in [3.8, 4) is 0 Å². The summed E-state index contributed by atoms with van der Waals surface area (Å²) in [6.45, 7) is 0. The Hall–Kier alpha value is -2.87. The van der Waals surface area contributed by atoms with E-state index in [4.69, 9.17) is 0 Å². The fourth-order valence-electron chi connectivity index (χ4n) is 1.41. The molecule has 0 aromatic carbocycles. The molecular formula is C23H31N2+. The smallest absolute Gasteiger partial charge is 0.162 e. The summed E-state index contributed by atoms with van der Waals surface area (Å²) < 4.78 is 2.00. The zero-order chi connectivity index (χ0) is 18.6. The molecule has 0 aliphatic carbocycles. The molecular weight excluding hydrogens is 304 g/mol. The molecule has 0 spiro atoms. The summed E-state index contributed by atoms with van der Waals surface area (Å²) in [4.78, 5) is 2.00. The maximum absolute atomic E-state index is 2.00. The van der Waals surface area contributed by atoms with E-state index < -0.39 is 0 Å². The molecule has 0 rings (SSSR count). The van der Waals surface area contributed by atoms with Gasteiger partial charge in [0.1, 0.15) is 14.1 Å². The zero-order valence-corrected chi connectivity index (χ0v) is 15.9. The van der Waals surface area contributed by atoms with Crippen molar-refractivity contribution in [2.24, 2.45) is 0 Å². The normalized spacial score (nSPS) is 13.8. The summed E-state index contributed by atoms with van der Waals surface area (Å²) in [6, 6.07) is 0. The Morgan fingerprint density at radius 1 is 0.440 bits per heavy atom. The molecule has 0 saturated carbocycles. The van der Waals surface area contributed by atoms with Gasteiger partial charge in [0, 0.05) is 20.2 Å². The topological polar surface area (TPSA) is 6.25 Å². The Bertz CT molecular complexity index is 612. The van der Waals surface area contributed by atoms with Crippen molar-refractivity contribution in [2.45, 2.75) is 0 Å². The van der Waals surface area contributed by atoms with Crippen molar-refractivity contribution in [3.05, 3.63) is 109 Å². The molecule has 25 heavy (non-hydrogen) atoms. The highest BCUT2D eigenvalue weighted by Gasteiger charge is 1.73. The van der Waals surface area contributed by atoms with Crippen molar-refractivity contribution in [1.82, 2.24) is 4.90 Å². The van der Waals surface area contributed by atoms with E-state index in [9.17, 15) is 0 Å². The SMILES string of the molecule is CN(C)/C=C/C=C/C=C/C=C/C=C/C=C/C=C/C=C/C=C/C=[N+](C)C. The van der Waals surface area contributed by atoms with Crippen LogP contribution in [-0.4, -0.2) is 43.9 Å². The third-order valence-corrected chi connectivity index (χ3v) is 2.55. The van der Waals surface area contributed by atoms with E-state index >= 15 is 0 Å². The lowest BCUT2D eigenvalue weighted by Gasteiger charge is -2.00. The minimum Gasteiger partial charge on any atom is -0.383 e. The maximum Gasteiger partial charge on any atom is 0.162 e. The van der Waals surface area contributed by atoms with E-state index in [0.29, 0.717) is 0 Å². The summed E-state index contributed by atoms with van der Waals surface area (Å²) in [5.74, 6) is 0. The van der Waals surface area contributed by atoms with Crippen LogP contribution in [0.4, 0.5) is 0 Å². The van der Waals surface area contributed by atoms with Crippen LogP contribution in [0.2, 0.25) is 0 Å². The Labute approximate surface area is 153 Å². The summed E-state index contributed by atoms with van der Waals surface area (Å²) in [5, 5.41) is 0. The van der Waals surface area contributed by atoms with Gasteiger partial charge in [0.2, 0.25) is 0 Å². The van der Waals surface area contributed by atoms with E-state index in [1.54, 1.807) is 0 Å². The second kappa shape index (κ2) is 17.5. The van der Waals surface area contributed by atoms with Gasteiger partial charge in [0.05, 0.1) is 0 Å². The summed E-state index contributed by atoms with van der Waals surface area (Å²) in [6.07, 6.45) is 38.0. The van der Waals surface area contributed by atoms with Gasteiger partial charge in [0.25, 0.3) is 0 Å². The first-order chi connectivity index (χ1) is 12.1. The molecule has 0 atom stereocenters. The van der Waals surface area contributed by atoms with Gasteiger partial charge >= 0.3 is 0 Å². The average molecular weight is 336 g/mol. The van der Waals surface area contributed by atoms with Gasteiger partial charge in [-0.1, -0.05) is 91.1 Å². The van der Waals surface area contributed by atoms with E-state index in [0.717, 1.165) is 0 Å². The lowest BCUT2D eigenvalue weighted by Crippen LogP contribution is -1.99.